The van der Waals surface area contributed by atoms with Gasteiger partial charge in [-0.2, -0.15) is 0 Å². The minimum Gasteiger partial charge on any atom is -0.346 e. The molecule has 0 amide bonds. The molecular weight excluding hydrogens is 300 g/mol. The zero-order valence-electron chi connectivity index (χ0n) is 12.9. The number of rotatable bonds is 1. The number of hydrogen-bond donors (Lipinski definition) is 0. The summed E-state index contributed by atoms with van der Waals surface area (Å²) in [6, 6.07) is 21.0. The predicted octanol–water partition coefficient (Wildman–Crippen LogP) is 2.71. The van der Waals surface area contributed by atoms with Crippen LogP contribution in [-0.4, -0.2) is 25.3 Å². The maximum Gasteiger partial charge on any atom is 0.200 e. The summed E-state index contributed by atoms with van der Waals surface area (Å²) < 4.78 is 1.47. The van der Waals surface area contributed by atoms with Crippen molar-refractivity contribution in [1.29, 1.82) is 0 Å². The fraction of sp³-hybridized carbons (Fsp3) is 0.111. The van der Waals surface area contributed by atoms with Crippen LogP contribution in [-0.2, 0) is 13.1 Å². The number of tetrazole rings is 1. The minimum absolute atomic E-state index is 0.648. The maximum absolute atomic E-state index is 4.55. The predicted molar refractivity (Wildman–Crippen MR) is 90.3 cm³/mol. The average Bonchev–Trinajstić information content (AvgIpc) is 3.03. The highest BCUT2D eigenvalue weighted by molar-refractivity contribution is 5.73. The van der Waals surface area contributed by atoms with Crippen LogP contribution in [0.2, 0.25) is 0 Å². The van der Waals surface area contributed by atoms with E-state index >= 15 is 0 Å². The van der Waals surface area contributed by atoms with Crippen LogP contribution < -0.4 is 4.90 Å². The Bertz CT molecular complexity index is 991. The minimum atomic E-state index is 0.648. The SMILES string of the molecule is c1ccc2c(c1)CN(c1ccc3nnnn3n1)Cc1ccccc1-2. The van der Waals surface area contributed by atoms with Crippen molar-refractivity contribution in [2.45, 2.75) is 13.1 Å². The van der Waals surface area contributed by atoms with Crippen molar-refractivity contribution in [3.63, 3.8) is 0 Å². The van der Waals surface area contributed by atoms with Crippen LogP contribution in [0.25, 0.3) is 16.8 Å². The van der Waals surface area contributed by atoms with Crippen LogP contribution in [0.5, 0.6) is 0 Å². The Kier molecular flexibility index (Phi) is 2.82. The van der Waals surface area contributed by atoms with E-state index in [1.165, 1.54) is 26.9 Å². The van der Waals surface area contributed by atoms with Gasteiger partial charge < -0.3 is 4.90 Å². The molecule has 0 saturated carbocycles. The third kappa shape index (κ3) is 2.04. The van der Waals surface area contributed by atoms with Crippen LogP contribution >= 0.6 is 0 Å². The standard InChI is InChI=1S/C18H14N6/c1-3-7-15-13(5-1)11-23(12-14-6-2-4-8-16(14)15)18-10-9-17-19-21-22-24(17)20-18/h1-10H,11-12H2. The summed E-state index contributed by atoms with van der Waals surface area (Å²) in [6.45, 7) is 1.59. The quantitative estimate of drug-likeness (QED) is 0.540. The van der Waals surface area contributed by atoms with Gasteiger partial charge in [0.05, 0.1) is 0 Å². The van der Waals surface area contributed by atoms with Crippen LogP contribution in [0.1, 0.15) is 11.1 Å². The molecule has 0 unspecified atom stereocenters. The monoisotopic (exact) mass is 314 g/mol. The molecular formula is C18H14N6. The second-order valence-electron chi connectivity index (χ2n) is 5.89. The topological polar surface area (TPSA) is 59.2 Å². The Morgan fingerprint density at radius 1 is 0.750 bits per heavy atom. The van der Waals surface area contributed by atoms with Gasteiger partial charge in [0, 0.05) is 13.1 Å². The molecule has 2 aromatic heterocycles. The van der Waals surface area contributed by atoms with Crippen molar-refractivity contribution in [3.05, 3.63) is 71.8 Å². The molecule has 0 N–H and O–H groups in total. The summed E-state index contributed by atoms with van der Waals surface area (Å²) in [4.78, 5) is 2.26. The zero-order chi connectivity index (χ0) is 15.9. The Balaban J connectivity index is 1.66. The molecule has 1 aliphatic rings. The second-order valence-corrected chi connectivity index (χ2v) is 5.89. The highest BCUT2D eigenvalue weighted by Gasteiger charge is 2.20. The fourth-order valence-corrected chi connectivity index (χ4v) is 3.28. The molecule has 0 fully saturated rings. The summed E-state index contributed by atoms with van der Waals surface area (Å²) >= 11 is 0. The number of anilines is 1. The van der Waals surface area contributed by atoms with Gasteiger partial charge in [-0.1, -0.05) is 48.5 Å². The van der Waals surface area contributed by atoms with Gasteiger partial charge >= 0.3 is 0 Å². The van der Waals surface area contributed by atoms with Gasteiger partial charge in [0.15, 0.2) is 11.5 Å². The highest BCUT2D eigenvalue weighted by Crippen LogP contribution is 2.33. The smallest absolute Gasteiger partial charge is 0.200 e. The van der Waals surface area contributed by atoms with Crippen molar-refractivity contribution in [3.8, 4) is 11.1 Å². The number of fused-ring (bicyclic) bond motifs is 4. The molecule has 2 aromatic carbocycles. The van der Waals surface area contributed by atoms with Crippen molar-refractivity contribution in [2.75, 3.05) is 4.90 Å². The van der Waals surface area contributed by atoms with Crippen LogP contribution in [0.3, 0.4) is 0 Å². The van der Waals surface area contributed by atoms with Crippen LogP contribution in [0.4, 0.5) is 5.82 Å². The Morgan fingerprint density at radius 2 is 1.42 bits per heavy atom. The van der Waals surface area contributed by atoms with Gasteiger partial charge in [-0.3, -0.25) is 0 Å². The number of nitrogens with zero attached hydrogens (tertiary/aromatic N) is 6. The van der Waals surface area contributed by atoms with E-state index in [9.17, 15) is 0 Å². The van der Waals surface area contributed by atoms with E-state index in [1.807, 2.05) is 12.1 Å². The molecule has 24 heavy (non-hydrogen) atoms. The lowest BCUT2D eigenvalue weighted by Crippen LogP contribution is -2.22. The van der Waals surface area contributed by atoms with E-state index in [2.05, 4.69) is 74.1 Å². The summed E-state index contributed by atoms with van der Waals surface area (Å²) in [5.74, 6) is 0.862. The van der Waals surface area contributed by atoms with Gasteiger partial charge in [-0.25, -0.2) is 0 Å². The zero-order valence-corrected chi connectivity index (χ0v) is 12.9. The number of hydrogen-bond acceptors (Lipinski definition) is 5. The molecule has 0 aliphatic carbocycles. The average molecular weight is 314 g/mol. The molecule has 0 atom stereocenters. The summed E-state index contributed by atoms with van der Waals surface area (Å²) in [6.07, 6.45) is 0. The first-order valence-corrected chi connectivity index (χ1v) is 7.85. The molecule has 1 aliphatic heterocycles. The Hall–Kier alpha value is -3.28. The Labute approximate surface area is 138 Å². The summed E-state index contributed by atoms with van der Waals surface area (Å²) in [5, 5.41) is 16.0. The first-order chi connectivity index (χ1) is 11.9. The molecule has 0 spiro atoms. The van der Waals surface area contributed by atoms with Crippen molar-refractivity contribution in [1.82, 2.24) is 25.3 Å². The van der Waals surface area contributed by atoms with E-state index < -0.39 is 0 Å². The molecule has 6 heteroatoms. The molecule has 3 heterocycles. The van der Waals surface area contributed by atoms with E-state index in [1.54, 1.807) is 0 Å². The highest BCUT2D eigenvalue weighted by atomic mass is 15.6. The van der Waals surface area contributed by atoms with Crippen LogP contribution in [0, 0.1) is 0 Å². The van der Waals surface area contributed by atoms with E-state index in [4.69, 9.17) is 0 Å². The third-order valence-corrected chi connectivity index (χ3v) is 4.43. The first kappa shape index (κ1) is 13.2. The molecule has 0 saturated heterocycles. The Morgan fingerprint density at radius 3 is 2.12 bits per heavy atom. The fourth-order valence-electron chi connectivity index (χ4n) is 3.28. The third-order valence-electron chi connectivity index (χ3n) is 4.43. The first-order valence-electron chi connectivity index (χ1n) is 7.85. The van der Waals surface area contributed by atoms with Gasteiger partial charge in [0.1, 0.15) is 0 Å². The number of aromatic nitrogens is 5. The van der Waals surface area contributed by atoms with E-state index in [0.29, 0.717) is 5.65 Å². The summed E-state index contributed by atoms with van der Waals surface area (Å²) in [5.41, 5.74) is 5.81. The van der Waals surface area contributed by atoms with Gasteiger partial charge in [-0.15, -0.1) is 14.8 Å². The number of benzene rings is 2. The second kappa shape index (κ2) is 5.13. The summed E-state index contributed by atoms with van der Waals surface area (Å²) in [7, 11) is 0. The van der Waals surface area contributed by atoms with E-state index in [-0.39, 0.29) is 0 Å². The molecule has 4 aromatic rings. The normalized spacial score (nSPS) is 13.4. The van der Waals surface area contributed by atoms with Gasteiger partial charge in [0.2, 0.25) is 0 Å². The van der Waals surface area contributed by atoms with Crippen LogP contribution in [0.15, 0.2) is 60.7 Å². The van der Waals surface area contributed by atoms with Crippen molar-refractivity contribution in [2.24, 2.45) is 0 Å². The van der Waals surface area contributed by atoms with E-state index in [0.717, 1.165) is 18.9 Å². The molecule has 116 valence electrons. The van der Waals surface area contributed by atoms with Crippen molar-refractivity contribution >= 4 is 11.5 Å². The maximum atomic E-state index is 4.55. The lowest BCUT2D eigenvalue weighted by atomic mass is 9.97. The molecule has 0 radical (unpaired) electrons. The lowest BCUT2D eigenvalue weighted by Gasteiger charge is -2.22. The van der Waals surface area contributed by atoms with Crippen molar-refractivity contribution < 1.29 is 0 Å². The molecule has 5 rings (SSSR count). The lowest BCUT2D eigenvalue weighted by molar-refractivity contribution is 0.703. The molecule has 6 nitrogen and oxygen atoms in total. The van der Waals surface area contributed by atoms with Gasteiger partial charge in [0.25, 0.3) is 0 Å². The largest absolute Gasteiger partial charge is 0.346 e. The molecule has 0 bridgehead atoms. The van der Waals surface area contributed by atoms with Gasteiger partial charge in [-0.05, 0) is 44.8 Å².